The minimum absolute atomic E-state index is 0.0254. The second-order valence-corrected chi connectivity index (χ2v) is 7.75. The van der Waals surface area contributed by atoms with Crippen molar-refractivity contribution in [2.24, 2.45) is 5.14 Å². The van der Waals surface area contributed by atoms with E-state index in [1.807, 2.05) is 0 Å². The van der Waals surface area contributed by atoms with Crippen molar-refractivity contribution < 1.29 is 32.5 Å². The zero-order valence-corrected chi connectivity index (χ0v) is 16.9. The van der Waals surface area contributed by atoms with E-state index in [4.69, 9.17) is 9.88 Å². The number of nitro groups is 1. The third-order valence-electron chi connectivity index (χ3n) is 3.82. The minimum atomic E-state index is -3.96. The Labute approximate surface area is 176 Å². The number of anilines is 1. The fourth-order valence-corrected chi connectivity index (χ4v) is 2.86. The molecule has 0 aromatic heterocycles. The number of esters is 1. The number of non-ortho nitro benzene ring substituents is 1. The molecule has 2 aromatic carbocycles. The van der Waals surface area contributed by atoms with Crippen LogP contribution in [0.2, 0.25) is 0 Å². The molecule has 0 heterocycles. The molecule has 0 bridgehead atoms. The highest BCUT2D eigenvalue weighted by Gasteiger charge is 2.20. The van der Waals surface area contributed by atoms with E-state index in [9.17, 15) is 32.9 Å². The van der Waals surface area contributed by atoms with Crippen molar-refractivity contribution in [3.05, 3.63) is 64.2 Å². The van der Waals surface area contributed by atoms with Crippen LogP contribution in [0.25, 0.3) is 0 Å². The zero-order valence-electron chi connectivity index (χ0n) is 16.1. The molecule has 0 aliphatic rings. The van der Waals surface area contributed by atoms with Crippen LogP contribution in [0.3, 0.4) is 0 Å². The van der Waals surface area contributed by atoms with Gasteiger partial charge in [-0.3, -0.25) is 24.5 Å². The molecular formula is C18H18N4O8S. The largest absolute Gasteiger partial charge is 0.451 e. The molecule has 2 aromatic rings. The molecule has 1 atom stereocenters. The summed E-state index contributed by atoms with van der Waals surface area (Å²) in [4.78, 5) is 45.9. The van der Waals surface area contributed by atoms with Gasteiger partial charge in [0, 0.05) is 23.4 Å². The molecule has 0 aliphatic heterocycles. The number of amides is 2. The fraction of sp³-hybridized carbons (Fsp3) is 0.167. The van der Waals surface area contributed by atoms with E-state index in [1.54, 1.807) is 0 Å². The maximum atomic E-state index is 12.1. The molecule has 2 rings (SSSR count). The van der Waals surface area contributed by atoms with Gasteiger partial charge in [-0.1, -0.05) is 12.1 Å². The molecule has 0 saturated carbocycles. The molecule has 164 valence electrons. The van der Waals surface area contributed by atoms with Gasteiger partial charge in [0.05, 0.1) is 9.82 Å². The number of sulfonamides is 1. The second-order valence-electron chi connectivity index (χ2n) is 6.18. The number of hydrogen-bond donors (Lipinski definition) is 3. The van der Waals surface area contributed by atoms with Crippen LogP contribution in [0.1, 0.15) is 17.3 Å². The topological polar surface area (TPSA) is 188 Å². The summed E-state index contributed by atoms with van der Waals surface area (Å²) in [5.41, 5.74) is -0.187. The first-order valence-electron chi connectivity index (χ1n) is 8.63. The Morgan fingerprint density at radius 1 is 1.16 bits per heavy atom. The van der Waals surface area contributed by atoms with Gasteiger partial charge in [0.25, 0.3) is 17.5 Å². The number of hydrogen-bond acceptors (Lipinski definition) is 8. The maximum absolute atomic E-state index is 12.1. The molecular weight excluding hydrogens is 432 g/mol. The maximum Gasteiger partial charge on any atom is 0.326 e. The summed E-state index contributed by atoms with van der Waals surface area (Å²) >= 11 is 0. The number of nitrogens with zero attached hydrogens (tertiary/aromatic N) is 1. The molecule has 2 amide bonds. The van der Waals surface area contributed by atoms with Crippen molar-refractivity contribution in [3.8, 4) is 0 Å². The molecule has 0 radical (unpaired) electrons. The summed E-state index contributed by atoms with van der Waals surface area (Å²) in [5, 5.41) is 20.4. The highest BCUT2D eigenvalue weighted by molar-refractivity contribution is 7.89. The first-order valence-corrected chi connectivity index (χ1v) is 10.2. The highest BCUT2D eigenvalue weighted by Crippen LogP contribution is 2.15. The van der Waals surface area contributed by atoms with Crippen LogP contribution < -0.4 is 15.8 Å². The average Bonchev–Trinajstić information content (AvgIpc) is 2.71. The molecule has 0 fully saturated rings. The number of nitro benzene ring substituents is 1. The predicted octanol–water partition coefficient (Wildman–Crippen LogP) is 0.542. The van der Waals surface area contributed by atoms with Crippen LogP contribution in [-0.4, -0.2) is 43.8 Å². The molecule has 12 nitrogen and oxygen atoms in total. The van der Waals surface area contributed by atoms with Gasteiger partial charge < -0.3 is 15.4 Å². The number of nitrogens with two attached hydrogens (primary N) is 1. The van der Waals surface area contributed by atoms with Crippen molar-refractivity contribution in [1.82, 2.24) is 5.32 Å². The Balaban J connectivity index is 1.89. The first kappa shape index (κ1) is 23.4. The predicted molar refractivity (Wildman–Crippen MR) is 107 cm³/mol. The third kappa shape index (κ3) is 6.87. The van der Waals surface area contributed by atoms with E-state index >= 15 is 0 Å². The first-order chi connectivity index (χ1) is 14.5. The van der Waals surface area contributed by atoms with Crippen molar-refractivity contribution in [2.75, 3.05) is 11.9 Å². The van der Waals surface area contributed by atoms with Gasteiger partial charge in [0.2, 0.25) is 10.0 Å². The Morgan fingerprint density at radius 3 is 2.48 bits per heavy atom. The van der Waals surface area contributed by atoms with Crippen molar-refractivity contribution >= 4 is 39.2 Å². The second kappa shape index (κ2) is 9.77. The minimum Gasteiger partial charge on any atom is -0.451 e. The van der Waals surface area contributed by atoms with E-state index in [0.717, 1.165) is 12.1 Å². The van der Waals surface area contributed by atoms with Gasteiger partial charge in [-0.25, -0.2) is 13.6 Å². The average molecular weight is 450 g/mol. The number of carbonyl (C=O) groups excluding carboxylic acids is 3. The van der Waals surface area contributed by atoms with E-state index in [1.165, 1.54) is 43.3 Å². The number of primary sulfonamides is 1. The van der Waals surface area contributed by atoms with Crippen LogP contribution in [-0.2, 0) is 24.3 Å². The summed E-state index contributed by atoms with van der Waals surface area (Å²) in [6.07, 6.45) is -1.26. The van der Waals surface area contributed by atoms with Crippen molar-refractivity contribution in [2.45, 2.75) is 17.9 Å². The van der Waals surface area contributed by atoms with Gasteiger partial charge in [0.1, 0.15) is 6.54 Å². The normalized spacial score (nSPS) is 11.8. The van der Waals surface area contributed by atoms with Crippen molar-refractivity contribution in [3.63, 3.8) is 0 Å². The number of benzene rings is 2. The van der Waals surface area contributed by atoms with Crippen LogP contribution in [0.4, 0.5) is 11.4 Å². The van der Waals surface area contributed by atoms with Crippen LogP contribution >= 0.6 is 0 Å². The molecule has 13 heteroatoms. The summed E-state index contributed by atoms with van der Waals surface area (Å²) in [5.74, 6) is -2.41. The van der Waals surface area contributed by atoms with Crippen LogP contribution in [0.15, 0.2) is 53.4 Å². The summed E-state index contributed by atoms with van der Waals surface area (Å²) in [6.45, 7) is 0.694. The zero-order chi connectivity index (χ0) is 23.2. The lowest BCUT2D eigenvalue weighted by atomic mass is 10.2. The van der Waals surface area contributed by atoms with Gasteiger partial charge in [-0.15, -0.1) is 0 Å². The summed E-state index contributed by atoms with van der Waals surface area (Å²) < 4.78 is 27.6. The van der Waals surface area contributed by atoms with E-state index < -0.39 is 45.4 Å². The number of rotatable bonds is 8. The van der Waals surface area contributed by atoms with Gasteiger partial charge in [0.15, 0.2) is 6.10 Å². The number of nitrogens with one attached hydrogen (secondary N) is 2. The standard InChI is InChI=1S/C18H18N4O8S/c1-11(17(24)21-13-5-3-7-15(9-13)31(19,28)29)30-16(23)10-20-18(25)12-4-2-6-14(8-12)22(26)27/h2-9,11H,10H2,1H3,(H,20,25)(H,21,24)(H2,19,28,29). The molecule has 0 spiro atoms. The monoisotopic (exact) mass is 450 g/mol. The molecule has 31 heavy (non-hydrogen) atoms. The Kier molecular flexibility index (Phi) is 7.39. The molecule has 1 unspecified atom stereocenters. The lowest BCUT2D eigenvalue weighted by Gasteiger charge is -2.14. The smallest absolute Gasteiger partial charge is 0.326 e. The highest BCUT2D eigenvalue weighted by atomic mass is 32.2. The van der Waals surface area contributed by atoms with Gasteiger partial charge in [-0.05, 0) is 31.2 Å². The van der Waals surface area contributed by atoms with E-state index in [-0.39, 0.29) is 21.8 Å². The third-order valence-corrected chi connectivity index (χ3v) is 4.73. The molecule has 4 N–H and O–H groups in total. The van der Waals surface area contributed by atoms with Crippen LogP contribution in [0.5, 0.6) is 0 Å². The van der Waals surface area contributed by atoms with E-state index in [0.29, 0.717) is 0 Å². The van der Waals surface area contributed by atoms with E-state index in [2.05, 4.69) is 10.6 Å². The molecule has 0 saturated heterocycles. The number of carbonyl (C=O) groups is 3. The Morgan fingerprint density at radius 2 is 1.84 bits per heavy atom. The summed E-state index contributed by atoms with van der Waals surface area (Å²) in [6, 6.07) is 10.1. The van der Waals surface area contributed by atoms with Crippen LogP contribution in [0, 0.1) is 10.1 Å². The fourth-order valence-electron chi connectivity index (χ4n) is 2.30. The molecule has 0 aliphatic carbocycles. The lowest BCUT2D eigenvalue weighted by Crippen LogP contribution is -2.35. The lowest BCUT2D eigenvalue weighted by molar-refractivity contribution is -0.384. The quantitative estimate of drug-likeness (QED) is 0.295. The van der Waals surface area contributed by atoms with Gasteiger partial charge >= 0.3 is 5.97 Å². The van der Waals surface area contributed by atoms with Crippen molar-refractivity contribution in [1.29, 1.82) is 0 Å². The Bertz CT molecular complexity index is 1130. The Hall–Kier alpha value is -3.84. The van der Waals surface area contributed by atoms with Gasteiger partial charge in [-0.2, -0.15) is 0 Å². The SMILES string of the molecule is CC(OC(=O)CNC(=O)c1cccc([N+](=O)[O-])c1)C(=O)Nc1cccc(S(N)(=O)=O)c1. The summed E-state index contributed by atoms with van der Waals surface area (Å²) in [7, 11) is -3.96. The number of ether oxygens (including phenoxy) is 1.